The van der Waals surface area contributed by atoms with E-state index >= 15 is 0 Å². The number of imidazole rings is 1. The van der Waals surface area contributed by atoms with Gasteiger partial charge in [0.25, 0.3) is 0 Å². The highest BCUT2D eigenvalue weighted by Gasteiger charge is 1.94. The summed E-state index contributed by atoms with van der Waals surface area (Å²) in [6, 6.07) is 0. The number of nitrogens with zero attached hydrogens (tertiary/aromatic N) is 2. The normalized spacial score (nSPS) is 10.4. The Labute approximate surface area is 68.3 Å². The van der Waals surface area contributed by atoms with Gasteiger partial charge in [-0.15, -0.1) is 0 Å². The van der Waals surface area contributed by atoms with Gasteiger partial charge in [0.15, 0.2) is 0 Å². The summed E-state index contributed by atoms with van der Waals surface area (Å²) in [4.78, 5) is 4.16. The predicted molar refractivity (Wildman–Crippen MR) is 46.5 cm³/mol. The van der Waals surface area contributed by atoms with Crippen molar-refractivity contribution in [1.29, 1.82) is 0 Å². The van der Waals surface area contributed by atoms with Crippen molar-refractivity contribution in [2.45, 2.75) is 39.7 Å². The minimum absolute atomic E-state index is 1.12. The van der Waals surface area contributed by atoms with Gasteiger partial charge in [0.1, 0.15) is 5.82 Å². The van der Waals surface area contributed by atoms with Gasteiger partial charge in [-0.25, -0.2) is 4.98 Å². The van der Waals surface area contributed by atoms with E-state index in [0.29, 0.717) is 0 Å². The molecule has 1 heterocycles. The molecule has 0 unspecified atom stereocenters. The first kappa shape index (κ1) is 8.31. The lowest BCUT2D eigenvalue weighted by molar-refractivity contribution is 0.590. The second-order valence-electron chi connectivity index (χ2n) is 2.87. The molecule has 0 aromatic carbocycles. The summed E-state index contributed by atoms with van der Waals surface area (Å²) in [5.74, 6) is 1.13. The maximum absolute atomic E-state index is 4.16. The molecule has 62 valence electrons. The SMILES string of the molecule is CCCCCn1ccnc1C. The van der Waals surface area contributed by atoms with Crippen molar-refractivity contribution in [1.82, 2.24) is 9.55 Å². The third-order valence-electron chi connectivity index (χ3n) is 1.93. The fourth-order valence-corrected chi connectivity index (χ4v) is 1.17. The molecule has 1 aromatic rings. The molecule has 0 radical (unpaired) electrons. The summed E-state index contributed by atoms with van der Waals surface area (Å²) in [7, 11) is 0. The largest absolute Gasteiger partial charge is 0.335 e. The molecule has 0 saturated heterocycles. The fourth-order valence-electron chi connectivity index (χ4n) is 1.17. The van der Waals surface area contributed by atoms with Crippen LogP contribution in [-0.4, -0.2) is 9.55 Å². The average Bonchev–Trinajstić information content (AvgIpc) is 2.37. The molecule has 0 N–H and O–H groups in total. The summed E-state index contributed by atoms with van der Waals surface area (Å²) in [6.07, 6.45) is 7.78. The number of hydrogen-bond donors (Lipinski definition) is 0. The molecular weight excluding hydrogens is 136 g/mol. The average molecular weight is 152 g/mol. The second kappa shape index (κ2) is 4.16. The van der Waals surface area contributed by atoms with Crippen LogP contribution in [0.5, 0.6) is 0 Å². The van der Waals surface area contributed by atoms with Crippen LogP contribution in [0.15, 0.2) is 12.4 Å². The molecule has 0 bridgehead atoms. The summed E-state index contributed by atoms with van der Waals surface area (Å²) in [5.41, 5.74) is 0. The minimum Gasteiger partial charge on any atom is -0.335 e. The van der Waals surface area contributed by atoms with Crippen LogP contribution in [0, 0.1) is 6.92 Å². The van der Waals surface area contributed by atoms with E-state index in [1.807, 2.05) is 19.3 Å². The summed E-state index contributed by atoms with van der Waals surface area (Å²) in [6.45, 7) is 5.40. The molecule has 1 aromatic heterocycles. The first-order valence-corrected chi connectivity index (χ1v) is 4.32. The van der Waals surface area contributed by atoms with Crippen LogP contribution in [0.25, 0.3) is 0 Å². The Bertz CT molecular complexity index is 203. The number of aromatic nitrogens is 2. The highest BCUT2D eigenvalue weighted by Crippen LogP contribution is 2.00. The van der Waals surface area contributed by atoms with Crippen LogP contribution in [0.2, 0.25) is 0 Å². The van der Waals surface area contributed by atoms with Gasteiger partial charge >= 0.3 is 0 Å². The summed E-state index contributed by atoms with van der Waals surface area (Å²) >= 11 is 0. The van der Waals surface area contributed by atoms with Gasteiger partial charge in [-0.05, 0) is 13.3 Å². The van der Waals surface area contributed by atoms with Crippen LogP contribution >= 0.6 is 0 Å². The first-order valence-electron chi connectivity index (χ1n) is 4.32. The monoisotopic (exact) mass is 152 g/mol. The molecule has 2 nitrogen and oxygen atoms in total. The molecule has 0 saturated carbocycles. The molecule has 0 spiro atoms. The number of rotatable bonds is 4. The summed E-state index contributed by atoms with van der Waals surface area (Å²) in [5, 5.41) is 0. The van der Waals surface area contributed by atoms with Crippen LogP contribution in [0.4, 0.5) is 0 Å². The van der Waals surface area contributed by atoms with Crippen LogP contribution in [-0.2, 0) is 6.54 Å². The maximum atomic E-state index is 4.16. The van der Waals surface area contributed by atoms with Crippen LogP contribution in [0.1, 0.15) is 32.0 Å². The molecule has 0 aliphatic carbocycles. The number of aryl methyl sites for hydroxylation is 2. The van der Waals surface area contributed by atoms with Gasteiger partial charge in [0.2, 0.25) is 0 Å². The lowest BCUT2D eigenvalue weighted by Gasteiger charge is -2.02. The molecule has 2 heteroatoms. The van der Waals surface area contributed by atoms with E-state index in [-0.39, 0.29) is 0 Å². The maximum Gasteiger partial charge on any atom is 0.105 e. The quantitative estimate of drug-likeness (QED) is 0.606. The van der Waals surface area contributed by atoms with Gasteiger partial charge < -0.3 is 4.57 Å². The molecule has 0 aliphatic rings. The third kappa shape index (κ3) is 2.37. The van der Waals surface area contributed by atoms with Gasteiger partial charge in [0, 0.05) is 18.9 Å². The zero-order valence-electron chi connectivity index (χ0n) is 7.38. The Morgan fingerprint density at radius 1 is 1.45 bits per heavy atom. The van der Waals surface area contributed by atoms with Crippen LogP contribution < -0.4 is 0 Å². The molecule has 0 amide bonds. The van der Waals surface area contributed by atoms with E-state index in [2.05, 4.69) is 16.5 Å². The molecule has 11 heavy (non-hydrogen) atoms. The third-order valence-corrected chi connectivity index (χ3v) is 1.93. The van der Waals surface area contributed by atoms with Crippen molar-refractivity contribution >= 4 is 0 Å². The highest BCUT2D eigenvalue weighted by molar-refractivity contribution is 4.87. The molecule has 0 aliphatic heterocycles. The molecular formula is C9H16N2. The van der Waals surface area contributed by atoms with E-state index < -0.39 is 0 Å². The Morgan fingerprint density at radius 2 is 2.27 bits per heavy atom. The van der Waals surface area contributed by atoms with E-state index in [0.717, 1.165) is 12.4 Å². The fraction of sp³-hybridized carbons (Fsp3) is 0.667. The lowest BCUT2D eigenvalue weighted by Crippen LogP contribution is -1.98. The van der Waals surface area contributed by atoms with Gasteiger partial charge in [-0.1, -0.05) is 19.8 Å². The van der Waals surface area contributed by atoms with Gasteiger partial charge in [-0.2, -0.15) is 0 Å². The highest BCUT2D eigenvalue weighted by atomic mass is 15.0. The van der Waals surface area contributed by atoms with Crippen molar-refractivity contribution < 1.29 is 0 Å². The molecule has 1 rings (SSSR count). The zero-order valence-corrected chi connectivity index (χ0v) is 7.38. The zero-order chi connectivity index (χ0) is 8.10. The first-order chi connectivity index (χ1) is 5.34. The minimum atomic E-state index is 1.12. The van der Waals surface area contributed by atoms with Gasteiger partial charge in [0.05, 0.1) is 0 Å². The van der Waals surface area contributed by atoms with E-state index in [1.165, 1.54) is 19.3 Å². The summed E-state index contributed by atoms with van der Waals surface area (Å²) < 4.78 is 2.20. The Kier molecular flexibility index (Phi) is 3.14. The molecule has 0 atom stereocenters. The topological polar surface area (TPSA) is 17.8 Å². The Morgan fingerprint density at radius 3 is 2.82 bits per heavy atom. The van der Waals surface area contributed by atoms with E-state index in [1.54, 1.807) is 0 Å². The van der Waals surface area contributed by atoms with Crippen LogP contribution in [0.3, 0.4) is 0 Å². The van der Waals surface area contributed by atoms with Crippen molar-refractivity contribution in [2.75, 3.05) is 0 Å². The number of hydrogen-bond acceptors (Lipinski definition) is 1. The van der Waals surface area contributed by atoms with Crippen molar-refractivity contribution in [2.24, 2.45) is 0 Å². The smallest absolute Gasteiger partial charge is 0.105 e. The van der Waals surface area contributed by atoms with E-state index in [9.17, 15) is 0 Å². The molecule has 0 fully saturated rings. The van der Waals surface area contributed by atoms with Crippen molar-refractivity contribution in [3.05, 3.63) is 18.2 Å². The van der Waals surface area contributed by atoms with Crippen molar-refractivity contribution in [3.63, 3.8) is 0 Å². The standard InChI is InChI=1S/C9H16N2/c1-3-4-5-7-11-8-6-10-9(11)2/h6,8H,3-5,7H2,1-2H3. The van der Waals surface area contributed by atoms with E-state index in [4.69, 9.17) is 0 Å². The lowest BCUT2D eigenvalue weighted by atomic mass is 10.2. The number of unbranched alkanes of at least 4 members (excludes halogenated alkanes) is 2. The predicted octanol–water partition coefficient (Wildman–Crippen LogP) is 2.38. The van der Waals surface area contributed by atoms with Crippen molar-refractivity contribution in [3.8, 4) is 0 Å². The second-order valence-corrected chi connectivity index (χ2v) is 2.87. The van der Waals surface area contributed by atoms with Gasteiger partial charge in [-0.3, -0.25) is 0 Å². The Balaban J connectivity index is 2.32. The Hall–Kier alpha value is -0.790.